The molecule has 108 valence electrons. The highest BCUT2D eigenvalue weighted by atomic mass is 35.5. The first kappa shape index (κ1) is 15.4. The molecule has 0 aromatic heterocycles. The number of benzene rings is 1. The molecule has 0 N–H and O–H groups in total. The Hall–Kier alpha value is -0.970. The average Bonchev–Trinajstić information content (AvgIpc) is 2.46. The third kappa shape index (κ3) is 3.37. The van der Waals surface area contributed by atoms with Gasteiger partial charge >= 0.3 is 0 Å². The minimum Gasteiger partial charge on any atom is -0.337 e. The van der Waals surface area contributed by atoms with E-state index in [2.05, 4.69) is 0 Å². The summed E-state index contributed by atoms with van der Waals surface area (Å²) < 4.78 is 0. The van der Waals surface area contributed by atoms with Crippen molar-refractivity contribution in [2.75, 3.05) is 26.2 Å². The molecule has 0 aliphatic carbocycles. The number of amides is 2. The van der Waals surface area contributed by atoms with Gasteiger partial charge in [0.2, 0.25) is 0 Å². The number of alkyl halides is 2. The first-order chi connectivity index (χ1) is 9.50. The summed E-state index contributed by atoms with van der Waals surface area (Å²) in [6, 6.07) is 6.91. The number of piperazine rings is 1. The maximum absolute atomic E-state index is 12.3. The summed E-state index contributed by atoms with van der Waals surface area (Å²) in [5.41, 5.74) is 0.474. The summed E-state index contributed by atoms with van der Waals surface area (Å²) in [4.78, 5) is 26.1. The largest absolute Gasteiger partial charge is 0.337 e. The molecular formula is C13H13Cl3N2O2. The van der Waals surface area contributed by atoms with E-state index in [9.17, 15) is 9.59 Å². The van der Waals surface area contributed by atoms with E-state index in [4.69, 9.17) is 34.8 Å². The Labute approximate surface area is 132 Å². The molecule has 1 saturated heterocycles. The minimum atomic E-state index is -1.05. The van der Waals surface area contributed by atoms with Crippen LogP contribution in [0.15, 0.2) is 24.3 Å². The van der Waals surface area contributed by atoms with Crippen molar-refractivity contribution < 1.29 is 9.59 Å². The van der Waals surface area contributed by atoms with Gasteiger partial charge in [-0.3, -0.25) is 9.59 Å². The Morgan fingerprint density at radius 3 is 2.10 bits per heavy atom. The van der Waals surface area contributed by atoms with Crippen molar-refractivity contribution in [3.8, 4) is 0 Å². The highest BCUT2D eigenvalue weighted by molar-refractivity contribution is 6.53. The van der Waals surface area contributed by atoms with Gasteiger partial charge < -0.3 is 9.80 Å². The summed E-state index contributed by atoms with van der Waals surface area (Å²) >= 11 is 17.1. The van der Waals surface area contributed by atoms with Gasteiger partial charge in [0.05, 0.1) is 10.6 Å². The topological polar surface area (TPSA) is 40.6 Å². The third-order valence-corrected chi connectivity index (χ3v) is 3.87. The van der Waals surface area contributed by atoms with Gasteiger partial charge in [-0.05, 0) is 12.1 Å². The zero-order chi connectivity index (χ0) is 14.7. The van der Waals surface area contributed by atoms with E-state index in [-0.39, 0.29) is 11.8 Å². The third-order valence-electron chi connectivity index (χ3n) is 3.17. The fourth-order valence-corrected chi connectivity index (χ4v) is 2.57. The van der Waals surface area contributed by atoms with Crippen molar-refractivity contribution in [3.63, 3.8) is 0 Å². The van der Waals surface area contributed by atoms with Crippen LogP contribution in [0.3, 0.4) is 0 Å². The Morgan fingerprint density at radius 1 is 1.00 bits per heavy atom. The predicted octanol–water partition coefficient (Wildman–Crippen LogP) is 2.43. The number of hydrogen-bond acceptors (Lipinski definition) is 2. The smallest absolute Gasteiger partial charge is 0.255 e. The Morgan fingerprint density at radius 2 is 1.55 bits per heavy atom. The highest BCUT2D eigenvalue weighted by Gasteiger charge is 2.27. The van der Waals surface area contributed by atoms with Gasteiger partial charge in [-0.15, -0.1) is 0 Å². The molecule has 2 amide bonds. The summed E-state index contributed by atoms with van der Waals surface area (Å²) in [5.74, 6) is -0.450. The lowest BCUT2D eigenvalue weighted by atomic mass is 10.2. The summed E-state index contributed by atoms with van der Waals surface area (Å²) in [6.45, 7) is 1.72. The molecule has 1 aliphatic heterocycles. The van der Waals surface area contributed by atoms with E-state index in [1.165, 1.54) is 0 Å². The number of carbonyl (C=O) groups excluding carboxylic acids is 2. The van der Waals surface area contributed by atoms with Crippen molar-refractivity contribution in [1.82, 2.24) is 9.80 Å². The Bertz CT molecular complexity index is 514. The van der Waals surface area contributed by atoms with Crippen LogP contribution in [-0.2, 0) is 4.79 Å². The molecule has 0 saturated carbocycles. The molecule has 20 heavy (non-hydrogen) atoms. The summed E-state index contributed by atoms with van der Waals surface area (Å²) in [7, 11) is 0. The van der Waals surface area contributed by atoms with Crippen LogP contribution < -0.4 is 0 Å². The lowest BCUT2D eigenvalue weighted by Crippen LogP contribution is -2.51. The van der Waals surface area contributed by atoms with Crippen molar-refractivity contribution in [2.45, 2.75) is 4.84 Å². The normalized spacial score (nSPS) is 15.6. The molecule has 1 heterocycles. The second-order valence-electron chi connectivity index (χ2n) is 4.40. The van der Waals surface area contributed by atoms with Crippen molar-refractivity contribution >= 4 is 46.6 Å². The summed E-state index contributed by atoms with van der Waals surface area (Å²) in [5, 5.41) is 0.428. The van der Waals surface area contributed by atoms with E-state index in [1.54, 1.807) is 34.1 Å². The molecule has 2 rings (SSSR count). The van der Waals surface area contributed by atoms with Crippen LogP contribution >= 0.6 is 34.8 Å². The first-order valence-corrected chi connectivity index (χ1v) is 7.36. The monoisotopic (exact) mass is 334 g/mol. The molecule has 4 nitrogen and oxygen atoms in total. The van der Waals surface area contributed by atoms with Gasteiger partial charge in [-0.2, -0.15) is 0 Å². The van der Waals surface area contributed by atoms with Crippen LogP contribution in [0.4, 0.5) is 0 Å². The van der Waals surface area contributed by atoms with E-state index >= 15 is 0 Å². The molecule has 1 aliphatic rings. The average molecular weight is 336 g/mol. The van der Waals surface area contributed by atoms with Gasteiger partial charge in [0.15, 0.2) is 4.84 Å². The lowest BCUT2D eigenvalue weighted by molar-refractivity contribution is -0.130. The van der Waals surface area contributed by atoms with Crippen LogP contribution in [-0.4, -0.2) is 52.6 Å². The minimum absolute atomic E-state index is 0.129. The molecule has 0 spiro atoms. The number of halogens is 3. The SMILES string of the molecule is O=C(c1ccccc1Cl)N1CCN(C(=O)C(Cl)Cl)CC1. The molecule has 1 aromatic carbocycles. The molecule has 7 heteroatoms. The van der Waals surface area contributed by atoms with Crippen molar-refractivity contribution in [3.05, 3.63) is 34.9 Å². The molecule has 0 unspecified atom stereocenters. The van der Waals surface area contributed by atoms with E-state index in [1.807, 2.05) is 0 Å². The maximum Gasteiger partial charge on any atom is 0.255 e. The Kier molecular flexibility index (Phi) is 5.13. The van der Waals surface area contributed by atoms with Gasteiger partial charge in [0.1, 0.15) is 0 Å². The number of rotatable bonds is 2. The van der Waals surface area contributed by atoms with Crippen LogP contribution in [0, 0.1) is 0 Å². The zero-order valence-electron chi connectivity index (χ0n) is 10.6. The van der Waals surface area contributed by atoms with Gasteiger partial charge in [0, 0.05) is 26.2 Å². The number of carbonyl (C=O) groups is 2. The van der Waals surface area contributed by atoms with Crippen LogP contribution in [0.25, 0.3) is 0 Å². The maximum atomic E-state index is 12.3. The van der Waals surface area contributed by atoms with Crippen molar-refractivity contribution in [2.24, 2.45) is 0 Å². The van der Waals surface area contributed by atoms with E-state index in [0.29, 0.717) is 36.8 Å². The quantitative estimate of drug-likeness (QED) is 0.779. The molecule has 1 fully saturated rings. The van der Waals surface area contributed by atoms with Crippen LogP contribution in [0.5, 0.6) is 0 Å². The predicted molar refractivity (Wildman–Crippen MR) is 79.4 cm³/mol. The molecule has 1 aromatic rings. The second-order valence-corrected chi connectivity index (χ2v) is 5.90. The highest BCUT2D eigenvalue weighted by Crippen LogP contribution is 2.18. The standard InChI is InChI=1S/C13H13Cl3N2O2/c14-10-4-2-1-3-9(10)12(19)17-5-7-18(8-6-17)13(20)11(15)16/h1-4,11H,5-8H2. The molecule has 0 atom stereocenters. The fourth-order valence-electron chi connectivity index (χ4n) is 2.07. The van der Waals surface area contributed by atoms with Gasteiger partial charge in [-0.25, -0.2) is 0 Å². The summed E-state index contributed by atoms with van der Waals surface area (Å²) in [6.07, 6.45) is 0. The molecule has 0 radical (unpaired) electrons. The van der Waals surface area contributed by atoms with Crippen LogP contribution in [0.1, 0.15) is 10.4 Å². The Balaban J connectivity index is 1.99. The van der Waals surface area contributed by atoms with E-state index in [0.717, 1.165) is 0 Å². The van der Waals surface area contributed by atoms with Crippen molar-refractivity contribution in [1.29, 1.82) is 0 Å². The van der Waals surface area contributed by atoms with E-state index < -0.39 is 4.84 Å². The molecular weight excluding hydrogens is 323 g/mol. The second kappa shape index (κ2) is 6.66. The zero-order valence-corrected chi connectivity index (χ0v) is 12.8. The van der Waals surface area contributed by atoms with Gasteiger partial charge in [0.25, 0.3) is 11.8 Å². The number of nitrogens with zero attached hydrogens (tertiary/aromatic N) is 2. The van der Waals surface area contributed by atoms with Gasteiger partial charge in [-0.1, -0.05) is 46.9 Å². The lowest BCUT2D eigenvalue weighted by Gasteiger charge is -2.35. The number of hydrogen-bond donors (Lipinski definition) is 0. The van der Waals surface area contributed by atoms with Crippen LogP contribution in [0.2, 0.25) is 5.02 Å². The fraction of sp³-hybridized carbons (Fsp3) is 0.385. The molecule has 0 bridgehead atoms. The first-order valence-electron chi connectivity index (χ1n) is 6.11.